The predicted octanol–water partition coefficient (Wildman–Crippen LogP) is 11.4. The van der Waals surface area contributed by atoms with E-state index in [1.54, 1.807) is 51.4 Å². The summed E-state index contributed by atoms with van der Waals surface area (Å²) >= 11 is 0. The van der Waals surface area contributed by atoms with Crippen molar-refractivity contribution in [1.29, 1.82) is 0 Å². The molecule has 0 amide bonds. The highest BCUT2D eigenvalue weighted by Crippen LogP contribution is 2.62. The first kappa shape index (κ1) is 36.0. The standard InChI is InChI=1S/C25H43N.5C2H6/c1-16-19(17(2)25-9-5-6-14-26-25)12-13-21-22-11-10-18-7-3-4-8-20(18)24(22)15-23(16)21;5*1-2/h16-26H,3-15H2,1-2H3;5*1-2H3. The summed E-state index contributed by atoms with van der Waals surface area (Å²) in [5, 5.41) is 3.88. The molecule has 1 N–H and O–H groups in total. The molecule has 218 valence electrons. The molecule has 0 bridgehead atoms. The van der Waals surface area contributed by atoms with Crippen LogP contribution in [0.25, 0.3) is 0 Å². The Bertz CT molecular complexity index is 481. The third-order valence-electron chi connectivity index (χ3n) is 10.4. The maximum atomic E-state index is 3.88. The van der Waals surface area contributed by atoms with Gasteiger partial charge in [-0.25, -0.2) is 0 Å². The number of piperidine rings is 1. The van der Waals surface area contributed by atoms with Crippen LogP contribution in [0.4, 0.5) is 0 Å². The largest absolute Gasteiger partial charge is 0.314 e. The van der Waals surface area contributed by atoms with E-state index in [-0.39, 0.29) is 0 Å². The molecular weight excluding hydrogens is 434 g/mol. The Balaban J connectivity index is 0.00000110. The van der Waals surface area contributed by atoms with E-state index in [1.807, 2.05) is 69.2 Å². The molecule has 1 aliphatic heterocycles. The summed E-state index contributed by atoms with van der Waals surface area (Å²) in [7, 11) is 0. The molecule has 1 heterocycles. The monoisotopic (exact) mass is 508 g/mol. The van der Waals surface area contributed by atoms with Crippen LogP contribution in [-0.4, -0.2) is 12.6 Å². The van der Waals surface area contributed by atoms with Crippen LogP contribution in [0.2, 0.25) is 0 Å². The Morgan fingerprint density at radius 2 is 1.08 bits per heavy atom. The lowest BCUT2D eigenvalue weighted by atomic mass is 9.59. The number of rotatable bonds is 2. The molecule has 4 aliphatic carbocycles. The van der Waals surface area contributed by atoms with Gasteiger partial charge in [0.1, 0.15) is 0 Å². The van der Waals surface area contributed by atoms with Crippen molar-refractivity contribution in [3.63, 3.8) is 0 Å². The fourth-order valence-electron chi connectivity index (χ4n) is 9.15. The van der Waals surface area contributed by atoms with E-state index in [4.69, 9.17) is 0 Å². The van der Waals surface area contributed by atoms with E-state index in [9.17, 15) is 0 Å². The van der Waals surface area contributed by atoms with Gasteiger partial charge in [-0.15, -0.1) is 0 Å². The van der Waals surface area contributed by atoms with Crippen molar-refractivity contribution >= 4 is 0 Å². The van der Waals surface area contributed by atoms with E-state index < -0.39 is 0 Å². The Morgan fingerprint density at radius 1 is 0.528 bits per heavy atom. The highest BCUT2D eigenvalue weighted by molar-refractivity contribution is 5.03. The normalized spacial score (nSPS) is 38.8. The quantitative estimate of drug-likeness (QED) is 0.392. The molecule has 0 aromatic carbocycles. The number of nitrogens with one attached hydrogen (secondary N) is 1. The molecule has 1 saturated heterocycles. The second-order valence-corrected chi connectivity index (χ2v) is 11.2. The summed E-state index contributed by atoms with van der Waals surface area (Å²) in [5.41, 5.74) is 0. The van der Waals surface area contributed by atoms with Crippen LogP contribution in [0.1, 0.15) is 160 Å². The van der Waals surface area contributed by atoms with Gasteiger partial charge in [0.2, 0.25) is 0 Å². The van der Waals surface area contributed by atoms with Crippen LogP contribution >= 0.6 is 0 Å². The second-order valence-electron chi connectivity index (χ2n) is 11.2. The zero-order valence-corrected chi connectivity index (χ0v) is 27.5. The van der Waals surface area contributed by atoms with Gasteiger partial charge in [0, 0.05) is 6.04 Å². The van der Waals surface area contributed by atoms with Crippen LogP contribution in [-0.2, 0) is 0 Å². The lowest BCUT2D eigenvalue weighted by Gasteiger charge is -2.46. The Labute approximate surface area is 231 Å². The van der Waals surface area contributed by atoms with Crippen molar-refractivity contribution in [2.24, 2.45) is 53.3 Å². The van der Waals surface area contributed by atoms with Crippen LogP contribution in [0, 0.1) is 53.3 Å². The van der Waals surface area contributed by atoms with Crippen molar-refractivity contribution < 1.29 is 0 Å². The van der Waals surface area contributed by atoms with E-state index in [0.717, 1.165) is 59.3 Å². The lowest BCUT2D eigenvalue weighted by molar-refractivity contribution is 0.0356. The summed E-state index contributed by atoms with van der Waals surface area (Å²) < 4.78 is 0. The Kier molecular flexibility index (Phi) is 20.8. The molecule has 5 aliphatic rings. The first-order chi connectivity index (χ1) is 17.7. The van der Waals surface area contributed by atoms with E-state index >= 15 is 0 Å². The summed E-state index contributed by atoms with van der Waals surface area (Å²) in [5.74, 6) is 9.60. The average Bonchev–Trinajstić information content (AvgIpc) is 3.39. The van der Waals surface area contributed by atoms with Crippen molar-refractivity contribution in [3.8, 4) is 0 Å². The number of fused-ring (bicyclic) bond motifs is 5. The molecule has 4 saturated carbocycles. The van der Waals surface area contributed by atoms with Gasteiger partial charge in [-0.2, -0.15) is 0 Å². The van der Waals surface area contributed by atoms with Crippen LogP contribution in [0.3, 0.4) is 0 Å². The first-order valence-corrected chi connectivity index (χ1v) is 17.5. The number of hydrogen-bond donors (Lipinski definition) is 1. The highest BCUT2D eigenvalue weighted by atomic mass is 14.9. The maximum Gasteiger partial charge on any atom is 0.00954 e. The van der Waals surface area contributed by atoms with Gasteiger partial charge >= 0.3 is 0 Å². The van der Waals surface area contributed by atoms with E-state index in [1.165, 1.54) is 32.2 Å². The molecule has 5 rings (SSSR count). The smallest absolute Gasteiger partial charge is 0.00954 e. The topological polar surface area (TPSA) is 12.0 Å². The van der Waals surface area contributed by atoms with Crippen molar-refractivity contribution in [2.75, 3.05) is 6.54 Å². The molecule has 5 fully saturated rings. The molecular formula is C35H73N. The van der Waals surface area contributed by atoms with Crippen molar-refractivity contribution in [2.45, 2.75) is 166 Å². The van der Waals surface area contributed by atoms with Gasteiger partial charge in [0.05, 0.1) is 0 Å². The molecule has 1 heteroatoms. The van der Waals surface area contributed by atoms with Gasteiger partial charge < -0.3 is 5.32 Å². The fourth-order valence-corrected chi connectivity index (χ4v) is 9.15. The minimum atomic E-state index is 0.819. The molecule has 0 radical (unpaired) electrons. The molecule has 0 aromatic rings. The van der Waals surface area contributed by atoms with Gasteiger partial charge in [0.15, 0.2) is 0 Å². The molecule has 10 unspecified atom stereocenters. The molecule has 1 nitrogen and oxygen atoms in total. The minimum absolute atomic E-state index is 0.819. The fraction of sp³-hybridized carbons (Fsp3) is 1.00. The van der Waals surface area contributed by atoms with Gasteiger partial charge in [0.25, 0.3) is 0 Å². The van der Waals surface area contributed by atoms with E-state index in [2.05, 4.69) is 19.2 Å². The molecule has 0 spiro atoms. The zero-order chi connectivity index (χ0) is 27.7. The van der Waals surface area contributed by atoms with Crippen molar-refractivity contribution in [1.82, 2.24) is 5.32 Å². The van der Waals surface area contributed by atoms with E-state index in [0.29, 0.717) is 0 Å². The molecule has 36 heavy (non-hydrogen) atoms. The number of hydrogen-bond acceptors (Lipinski definition) is 1. The molecule has 0 aromatic heterocycles. The Hall–Kier alpha value is -0.0400. The predicted molar refractivity (Wildman–Crippen MR) is 167 cm³/mol. The third kappa shape index (κ3) is 8.74. The summed E-state index contributed by atoms with van der Waals surface area (Å²) in [6.07, 6.45) is 18.5. The summed E-state index contributed by atoms with van der Waals surface area (Å²) in [6.45, 7) is 26.6. The van der Waals surface area contributed by atoms with Crippen molar-refractivity contribution in [3.05, 3.63) is 0 Å². The zero-order valence-electron chi connectivity index (χ0n) is 27.5. The van der Waals surface area contributed by atoms with Crippen LogP contribution in [0.15, 0.2) is 0 Å². The van der Waals surface area contributed by atoms with Crippen LogP contribution < -0.4 is 5.32 Å². The Morgan fingerprint density at radius 3 is 1.69 bits per heavy atom. The third-order valence-corrected chi connectivity index (χ3v) is 10.4. The van der Waals surface area contributed by atoms with Gasteiger partial charge in [-0.05, 0) is 111 Å². The first-order valence-electron chi connectivity index (χ1n) is 17.5. The lowest BCUT2D eigenvalue weighted by Crippen LogP contribution is -2.45. The average molecular weight is 508 g/mol. The maximum absolute atomic E-state index is 3.88. The minimum Gasteiger partial charge on any atom is -0.314 e. The highest BCUT2D eigenvalue weighted by Gasteiger charge is 2.54. The molecule has 10 atom stereocenters. The van der Waals surface area contributed by atoms with Crippen LogP contribution in [0.5, 0.6) is 0 Å². The SMILES string of the molecule is CC.CC.CC.CC.CC.CC(C1CCCCN1)C1CCC2C(CC3C4CCCCC4CCC32)C1C. The van der Waals surface area contributed by atoms with Gasteiger partial charge in [-0.1, -0.05) is 109 Å². The summed E-state index contributed by atoms with van der Waals surface area (Å²) in [6, 6.07) is 0.819. The van der Waals surface area contributed by atoms with Gasteiger partial charge in [-0.3, -0.25) is 0 Å². The second kappa shape index (κ2) is 20.9. The summed E-state index contributed by atoms with van der Waals surface area (Å²) in [4.78, 5) is 0.